The Balaban J connectivity index is 1.52. The van der Waals surface area contributed by atoms with E-state index < -0.39 is 0 Å². The number of benzene rings is 1. The molecule has 2 heterocycles. The number of ether oxygens (including phenoxy) is 1. The molecule has 0 saturated heterocycles. The molecule has 0 aliphatic carbocycles. The molecule has 9 nitrogen and oxygen atoms in total. The molecule has 1 aromatic carbocycles. The fourth-order valence-corrected chi connectivity index (χ4v) is 2.88. The van der Waals surface area contributed by atoms with Gasteiger partial charge in [0.1, 0.15) is 18.1 Å². The Kier molecular flexibility index (Phi) is 6.50. The quantitative estimate of drug-likeness (QED) is 0.486. The molecule has 0 unspecified atom stereocenters. The first-order valence-corrected chi connectivity index (χ1v) is 9.28. The van der Waals surface area contributed by atoms with Crippen LogP contribution >= 0.6 is 11.6 Å². The lowest BCUT2D eigenvalue weighted by Crippen LogP contribution is -2.32. The molecule has 0 atom stereocenters. The number of fused-ring (bicyclic) bond motifs is 1. The van der Waals surface area contributed by atoms with Crippen molar-refractivity contribution in [3.05, 3.63) is 41.6 Å². The molecule has 0 radical (unpaired) electrons. The van der Waals surface area contributed by atoms with Crippen molar-refractivity contribution in [2.75, 3.05) is 30.8 Å². The van der Waals surface area contributed by atoms with E-state index in [1.54, 1.807) is 37.6 Å². The van der Waals surface area contributed by atoms with Gasteiger partial charge in [-0.05, 0) is 24.3 Å². The molecule has 0 bridgehead atoms. The third-order valence-electron chi connectivity index (χ3n) is 4.01. The summed E-state index contributed by atoms with van der Waals surface area (Å²) < 4.78 is 6.67. The minimum Gasteiger partial charge on any atom is -0.495 e. The summed E-state index contributed by atoms with van der Waals surface area (Å²) in [5, 5.41) is 14.1. The number of rotatable bonds is 8. The molecule has 3 aromatic rings. The number of halogens is 1. The van der Waals surface area contributed by atoms with Crippen LogP contribution < -0.4 is 20.7 Å². The molecule has 0 fully saturated rings. The highest BCUT2D eigenvalue weighted by Gasteiger charge is 2.10. The van der Waals surface area contributed by atoms with Gasteiger partial charge in [-0.3, -0.25) is 9.59 Å². The Labute approximate surface area is 172 Å². The molecule has 152 valence electrons. The van der Waals surface area contributed by atoms with E-state index in [1.165, 1.54) is 11.6 Å². The second kappa shape index (κ2) is 9.24. The molecule has 29 heavy (non-hydrogen) atoms. The third kappa shape index (κ3) is 5.35. The van der Waals surface area contributed by atoms with Gasteiger partial charge in [-0.1, -0.05) is 11.6 Å². The highest BCUT2D eigenvalue weighted by atomic mass is 35.5. The van der Waals surface area contributed by atoms with Crippen LogP contribution in [-0.2, 0) is 16.1 Å². The average molecular weight is 417 g/mol. The van der Waals surface area contributed by atoms with Crippen molar-refractivity contribution < 1.29 is 14.3 Å². The Bertz CT molecular complexity index is 1040. The molecule has 3 N–H and O–H groups in total. The van der Waals surface area contributed by atoms with Gasteiger partial charge < -0.3 is 20.7 Å². The molecule has 2 amide bonds. The van der Waals surface area contributed by atoms with E-state index in [-0.39, 0.29) is 18.4 Å². The van der Waals surface area contributed by atoms with Gasteiger partial charge in [0.05, 0.1) is 18.3 Å². The molecule has 10 heteroatoms. The Morgan fingerprint density at radius 1 is 1.21 bits per heavy atom. The van der Waals surface area contributed by atoms with E-state index in [0.29, 0.717) is 35.3 Å². The summed E-state index contributed by atoms with van der Waals surface area (Å²) in [5.41, 5.74) is 1.37. The first-order chi connectivity index (χ1) is 14.0. The molecule has 2 aromatic heterocycles. The number of hydrogen-bond acceptors (Lipinski definition) is 6. The van der Waals surface area contributed by atoms with Crippen LogP contribution in [0.15, 0.2) is 36.5 Å². The van der Waals surface area contributed by atoms with Gasteiger partial charge in [0, 0.05) is 37.2 Å². The normalized spacial score (nSPS) is 10.6. The number of methoxy groups -OCH3 is 1. The summed E-state index contributed by atoms with van der Waals surface area (Å²) in [7, 11) is 1.55. The smallest absolute Gasteiger partial charge is 0.241 e. The van der Waals surface area contributed by atoms with Gasteiger partial charge in [-0.2, -0.15) is 5.10 Å². The fraction of sp³-hybridized carbons (Fsp3) is 0.263. The Morgan fingerprint density at radius 2 is 2.03 bits per heavy atom. The van der Waals surface area contributed by atoms with E-state index in [2.05, 4.69) is 26.0 Å². The summed E-state index contributed by atoms with van der Waals surface area (Å²) in [4.78, 5) is 27.8. The standard InChI is InChI=1S/C19H21ClN6O3/c1-12(27)24-17-6-3-13-10-23-26(19(13)25-17)11-18(28)22-8-7-21-14-4-5-15(20)16(9-14)29-2/h3-6,9-10,21H,7-8,11H2,1-2H3,(H,22,28)(H,24,25,27). The monoisotopic (exact) mass is 416 g/mol. The topological polar surface area (TPSA) is 110 Å². The zero-order valence-corrected chi connectivity index (χ0v) is 16.8. The van der Waals surface area contributed by atoms with Crippen LogP contribution in [0, 0.1) is 0 Å². The van der Waals surface area contributed by atoms with Crippen molar-refractivity contribution in [3.8, 4) is 5.75 Å². The first kappa shape index (κ1) is 20.4. The SMILES string of the molecule is COc1cc(NCCNC(=O)Cn2ncc3ccc(NC(C)=O)nc32)ccc1Cl. The number of carbonyl (C=O) groups is 2. The lowest BCUT2D eigenvalue weighted by molar-refractivity contribution is -0.121. The van der Waals surface area contributed by atoms with Crippen molar-refractivity contribution in [1.29, 1.82) is 0 Å². The molecule has 0 aliphatic rings. The maximum Gasteiger partial charge on any atom is 0.241 e. The number of carbonyl (C=O) groups excluding carboxylic acids is 2. The van der Waals surface area contributed by atoms with Gasteiger partial charge in [0.15, 0.2) is 5.65 Å². The number of anilines is 2. The summed E-state index contributed by atoms with van der Waals surface area (Å²) in [5.74, 6) is 0.579. The number of nitrogens with zero attached hydrogens (tertiary/aromatic N) is 3. The number of pyridine rings is 1. The van der Waals surface area contributed by atoms with Crippen LogP contribution in [0.5, 0.6) is 5.75 Å². The highest BCUT2D eigenvalue weighted by Crippen LogP contribution is 2.27. The summed E-state index contributed by atoms with van der Waals surface area (Å²) >= 11 is 6.00. The predicted octanol–water partition coefficient (Wildman–Crippen LogP) is 2.28. The highest BCUT2D eigenvalue weighted by molar-refractivity contribution is 6.32. The lowest BCUT2D eigenvalue weighted by atomic mass is 10.3. The Morgan fingerprint density at radius 3 is 2.79 bits per heavy atom. The van der Waals surface area contributed by atoms with E-state index >= 15 is 0 Å². The summed E-state index contributed by atoms with van der Waals surface area (Å²) in [6.07, 6.45) is 1.63. The summed E-state index contributed by atoms with van der Waals surface area (Å²) in [6.45, 7) is 2.38. The van der Waals surface area contributed by atoms with Crippen molar-refractivity contribution in [1.82, 2.24) is 20.1 Å². The van der Waals surface area contributed by atoms with Gasteiger partial charge >= 0.3 is 0 Å². The van der Waals surface area contributed by atoms with E-state index in [4.69, 9.17) is 16.3 Å². The maximum absolute atomic E-state index is 12.2. The molecule has 3 rings (SSSR count). The minimum atomic E-state index is -0.216. The van der Waals surface area contributed by atoms with Gasteiger partial charge in [0.2, 0.25) is 11.8 Å². The minimum absolute atomic E-state index is 0.0226. The zero-order valence-electron chi connectivity index (χ0n) is 16.0. The van der Waals surface area contributed by atoms with Crippen molar-refractivity contribution in [2.45, 2.75) is 13.5 Å². The molecular weight excluding hydrogens is 396 g/mol. The van der Waals surface area contributed by atoms with E-state index in [0.717, 1.165) is 11.1 Å². The van der Waals surface area contributed by atoms with Crippen LogP contribution in [0.4, 0.5) is 11.5 Å². The lowest BCUT2D eigenvalue weighted by Gasteiger charge is -2.10. The van der Waals surface area contributed by atoms with Crippen molar-refractivity contribution in [3.63, 3.8) is 0 Å². The van der Waals surface area contributed by atoms with Crippen molar-refractivity contribution in [2.24, 2.45) is 0 Å². The van der Waals surface area contributed by atoms with Crippen LogP contribution in [0.3, 0.4) is 0 Å². The first-order valence-electron chi connectivity index (χ1n) is 8.90. The average Bonchev–Trinajstić information content (AvgIpc) is 3.08. The molecular formula is C19H21ClN6O3. The van der Waals surface area contributed by atoms with Crippen LogP contribution in [0.1, 0.15) is 6.92 Å². The van der Waals surface area contributed by atoms with Gasteiger partial charge in [-0.15, -0.1) is 0 Å². The summed E-state index contributed by atoms with van der Waals surface area (Å²) in [6, 6.07) is 8.85. The number of nitrogens with one attached hydrogen (secondary N) is 3. The van der Waals surface area contributed by atoms with Crippen molar-refractivity contribution >= 4 is 46.0 Å². The number of amides is 2. The largest absolute Gasteiger partial charge is 0.495 e. The maximum atomic E-state index is 12.2. The Hall–Kier alpha value is -3.33. The van der Waals surface area contributed by atoms with Gasteiger partial charge in [-0.25, -0.2) is 9.67 Å². The molecule has 0 saturated carbocycles. The molecule has 0 aliphatic heterocycles. The van der Waals surface area contributed by atoms with E-state index in [1.807, 2.05) is 6.07 Å². The van der Waals surface area contributed by atoms with Crippen LogP contribution in [-0.4, -0.2) is 46.8 Å². The van der Waals surface area contributed by atoms with E-state index in [9.17, 15) is 9.59 Å². The number of aromatic nitrogens is 3. The van der Waals surface area contributed by atoms with Gasteiger partial charge in [0.25, 0.3) is 0 Å². The second-order valence-electron chi connectivity index (χ2n) is 6.22. The van der Waals surface area contributed by atoms with Crippen LogP contribution in [0.2, 0.25) is 5.02 Å². The fourth-order valence-electron chi connectivity index (χ4n) is 2.69. The predicted molar refractivity (Wildman–Crippen MR) is 111 cm³/mol. The number of hydrogen-bond donors (Lipinski definition) is 3. The molecule has 0 spiro atoms. The second-order valence-corrected chi connectivity index (χ2v) is 6.63. The zero-order chi connectivity index (χ0) is 20.8. The van der Waals surface area contributed by atoms with Crippen LogP contribution in [0.25, 0.3) is 11.0 Å². The third-order valence-corrected chi connectivity index (χ3v) is 4.32.